The van der Waals surface area contributed by atoms with Crippen LogP contribution >= 0.6 is 0 Å². The summed E-state index contributed by atoms with van der Waals surface area (Å²) in [7, 11) is 0. The third kappa shape index (κ3) is 3.09. The highest BCUT2D eigenvalue weighted by molar-refractivity contribution is 6.00. The van der Waals surface area contributed by atoms with E-state index in [2.05, 4.69) is 9.97 Å². The lowest BCUT2D eigenvalue weighted by Gasteiger charge is -2.02. The van der Waals surface area contributed by atoms with Gasteiger partial charge in [-0.2, -0.15) is 0 Å². The van der Waals surface area contributed by atoms with Gasteiger partial charge in [-0.15, -0.1) is 0 Å². The molecule has 0 amide bonds. The fourth-order valence-electron chi connectivity index (χ4n) is 1.36. The zero-order valence-electron chi connectivity index (χ0n) is 11.1. The lowest BCUT2D eigenvalue weighted by Crippen LogP contribution is -2.13. The third-order valence-electron chi connectivity index (χ3n) is 2.22. The summed E-state index contributed by atoms with van der Waals surface area (Å²) < 4.78 is 9.73. The predicted molar refractivity (Wildman–Crippen MR) is 64.6 cm³/mol. The molecule has 0 saturated heterocycles. The molecule has 0 spiro atoms. The lowest BCUT2D eigenvalue weighted by molar-refractivity contribution is 0.0471. The topological polar surface area (TPSA) is 81.3 Å². The summed E-state index contributed by atoms with van der Waals surface area (Å²) in [4.78, 5) is 30.3. The number of hydrogen-bond acceptors (Lipinski definition) is 5. The van der Waals surface area contributed by atoms with Gasteiger partial charge in [-0.05, 0) is 13.8 Å². The first-order chi connectivity index (χ1) is 8.51. The van der Waals surface area contributed by atoms with Crippen LogP contribution in [-0.2, 0) is 9.47 Å². The Kier molecular flexibility index (Phi) is 4.88. The van der Waals surface area contributed by atoms with E-state index in [1.807, 2.05) is 13.8 Å². The molecular weight excluding hydrogens is 236 g/mol. The van der Waals surface area contributed by atoms with Crippen LogP contribution in [0.25, 0.3) is 0 Å². The molecule has 0 aliphatic carbocycles. The lowest BCUT2D eigenvalue weighted by atomic mass is 10.2. The van der Waals surface area contributed by atoms with E-state index in [1.54, 1.807) is 13.8 Å². The summed E-state index contributed by atoms with van der Waals surface area (Å²) in [6, 6.07) is 0. The van der Waals surface area contributed by atoms with Crippen LogP contribution in [0.3, 0.4) is 0 Å². The van der Waals surface area contributed by atoms with Gasteiger partial charge in [-0.3, -0.25) is 0 Å². The molecule has 1 aromatic rings. The van der Waals surface area contributed by atoms with E-state index >= 15 is 0 Å². The van der Waals surface area contributed by atoms with Gasteiger partial charge in [-0.1, -0.05) is 13.8 Å². The van der Waals surface area contributed by atoms with Crippen molar-refractivity contribution >= 4 is 11.9 Å². The number of aromatic nitrogens is 2. The van der Waals surface area contributed by atoms with Gasteiger partial charge in [0.2, 0.25) is 0 Å². The molecule has 1 rings (SSSR count). The highest BCUT2D eigenvalue weighted by atomic mass is 16.5. The van der Waals surface area contributed by atoms with Gasteiger partial charge >= 0.3 is 11.9 Å². The zero-order valence-corrected chi connectivity index (χ0v) is 11.1. The molecule has 0 bridgehead atoms. The van der Waals surface area contributed by atoms with Gasteiger partial charge in [-0.25, -0.2) is 14.6 Å². The minimum absolute atomic E-state index is 0.0148. The number of hydrogen-bond donors (Lipinski definition) is 1. The van der Waals surface area contributed by atoms with Crippen LogP contribution in [0, 0.1) is 0 Å². The Bertz CT molecular complexity index is 402. The molecule has 0 radical (unpaired) electrons. The maximum Gasteiger partial charge on any atom is 0.359 e. The quantitative estimate of drug-likeness (QED) is 0.811. The molecule has 100 valence electrons. The van der Waals surface area contributed by atoms with E-state index in [0.29, 0.717) is 5.82 Å². The Morgan fingerprint density at radius 2 is 1.72 bits per heavy atom. The van der Waals surface area contributed by atoms with E-state index in [4.69, 9.17) is 9.47 Å². The van der Waals surface area contributed by atoms with Gasteiger partial charge in [0.15, 0.2) is 11.4 Å². The van der Waals surface area contributed by atoms with Crippen molar-refractivity contribution in [1.82, 2.24) is 9.97 Å². The van der Waals surface area contributed by atoms with Gasteiger partial charge < -0.3 is 14.5 Å². The molecule has 0 aliphatic heterocycles. The molecule has 0 unspecified atom stereocenters. The maximum atomic E-state index is 11.7. The molecule has 1 aromatic heterocycles. The van der Waals surface area contributed by atoms with E-state index in [9.17, 15) is 9.59 Å². The summed E-state index contributed by atoms with van der Waals surface area (Å²) in [5.41, 5.74) is 0.0398. The van der Waals surface area contributed by atoms with Crippen molar-refractivity contribution in [1.29, 1.82) is 0 Å². The smallest absolute Gasteiger partial charge is 0.359 e. The number of aromatic amines is 1. The molecule has 6 heteroatoms. The summed E-state index contributed by atoms with van der Waals surface area (Å²) in [5.74, 6) is -0.592. The molecule has 6 nitrogen and oxygen atoms in total. The SMILES string of the molecule is CCOC(=O)c1nc(C(C)C)[nH]c1C(=O)OCC. The van der Waals surface area contributed by atoms with Gasteiger partial charge in [0.25, 0.3) is 0 Å². The van der Waals surface area contributed by atoms with E-state index in [0.717, 1.165) is 0 Å². The van der Waals surface area contributed by atoms with Crippen molar-refractivity contribution in [3.05, 3.63) is 17.2 Å². The summed E-state index contributed by atoms with van der Waals surface area (Å²) in [5, 5.41) is 0. The summed E-state index contributed by atoms with van der Waals surface area (Å²) in [6.45, 7) is 7.66. The van der Waals surface area contributed by atoms with Gasteiger partial charge in [0.1, 0.15) is 5.82 Å². The van der Waals surface area contributed by atoms with Crippen molar-refractivity contribution in [2.75, 3.05) is 13.2 Å². The van der Waals surface area contributed by atoms with Crippen LogP contribution in [0.4, 0.5) is 0 Å². The standard InChI is InChI=1S/C12H18N2O4/c1-5-17-11(15)8-9(12(16)18-6-2)14-10(13-8)7(3)4/h7H,5-6H2,1-4H3,(H,13,14). The normalized spacial score (nSPS) is 10.5. The molecule has 0 fully saturated rings. The van der Waals surface area contributed by atoms with Crippen molar-refractivity contribution in [3.63, 3.8) is 0 Å². The largest absolute Gasteiger partial charge is 0.461 e. The Morgan fingerprint density at radius 3 is 2.22 bits per heavy atom. The fourth-order valence-corrected chi connectivity index (χ4v) is 1.36. The Balaban J connectivity index is 3.12. The second-order valence-electron chi connectivity index (χ2n) is 3.94. The number of esters is 2. The summed E-state index contributed by atoms with van der Waals surface area (Å²) in [6.07, 6.45) is 0. The monoisotopic (exact) mass is 254 g/mol. The highest BCUT2D eigenvalue weighted by Crippen LogP contribution is 2.16. The van der Waals surface area contributed by atoms with E-state index in [-0.39, 0.29) is 30.5 Å². The molecule has 0 atom stereocenters. The van der Waals surface area contributed by atoms with Crippen LogP contribution in [0.2, 0.25) is 0 Å². The minimum atomic E-state index is -0.622. The van der Waals surface area contributed by atoms with Crippen LogP contribution < -0.4 is 0 Å². The van der Waals surface area contributed by atoms with Crippen LogP contribution in [0.1, 0.15) is 60.4 Å². The van der Waals surface area contributed by atoms with Crippen molar-refractivity contribution in [3.8, 4) is 0 Å². The van der Waals surface area contributed by atoms with Crippen molar-refractivity contribution in [2.45, 2.75) is 33.6 Å². The Hall–Kier alpha value is -1.85. The molecular formula is C12H18N2O4. The average Bonchev–Trinajstić information content (AvgIpc) is 2.74. The molecule has 18 heavy (non-hydrogen) atoms. The molecule has 0 aliphatic rings. The average molecular weight is 254 g/mol. The predicted octanol–water partition coefficient (Wildman–Crippen LogP) is 1.89. The first-order valence-corrected chi connectivity index (χ1v) is 5.95. The minimum Gasteiger partial charge on any atom is -0.461 e. The Morgan fingerprint density at radius 1 is 1.17 bits per heavy atom. The zero-order chi connectivity index (χ0) is 13.7. The number of nitrogens with one attached hydrogen (secondary N) is 1. The molecule has 0 saturated carbocycles. The van der Waals surface area contributed by atoms with Crippen LogP contribution in [-0.4, -0.2) is 35.1 Å². The van der Waals surface area contributed by atoms with Gasteiger partial charge in [0.05, 0.1) is 13.2 Å². The number of imidazole rings is 1. The fraction of sp³-hybridized carbons (Fsp3) is 0.583. The highest BCUT2D eigenvalue weighted by Gasteiger charge is 2.25. The summed E-state index contributed by atoms with van der Waals surface area (Å²) >= 11 is 0. The number of ether oxygens (including phenoxy) is 2. The first kappa shape index (κ1) is 14.2. The van der Waals surface area contributed by atoms with Crippen molar-refractivity contribution in [2.24, 2.45) is 0 Å². The molecule has 1 heterocycles. The van der Waals surface area contributed by atoms with Gasteiger partial charge in [0, 0.05) is 5.92 Å². The first-order valence-electron chi connectivity index (χ1n) is 5.95. The molecule has 0 aromatic carbocycles. The molecule has 1 N–H and O–H groups in total. The maximum absolute atomic E-state index is 11.7. The second kappa shape index (κ2) is 6.18. The van der Waals surface area contributed by atoms with E-state index < -0.39 is 11.9 Å². The van der Waals surface area contributed by atoms with E-state index in [1.165, 1.54) is 0 Å². The Labute approximate surface area is 106 Å². The van der Waals surface area contributed by atoms with Crippen molar-refractivity contribution < 1.29 is 19.1 Å². The third-order valence-corrected chi connectivity index (χ3v) is 2.22. The number of rotatable bonds is 5. The van der Waals surface area contributed by atoms with Crippen LogP contribution in [0.5, 0.6) is 0 Å². The number of carbonyl (C=O) groups excluding carboxylic acids is 2. The number of nitrogens with zero attached hydrogens (tertiary/aromatic N) is 1. The second-order valence-corrected chi connectivity index (χ2v) is 3.94. The van der Waals surface area contributed by atoms with Crippen LogP contribution in [0.15, 0.2) is 0 Å². The number of H-pyrrole nitrogens is 1. The number of carbonyl (C=O) groups is 2.